The first kappa shape index (κ1) is 14.6. The van der Waals surface area contributed by atoms with E-state index >= 15 is 0 Å². The van der Waals surface area contributed by atoms with E-state index in [1.165, 1.54) is 5.56 Å². The van der Waals surface area contributed by atoms with E-state index in [1.807, 2.05) is 25.3 Å². The van der Waals surface area contributed by atoms with Gasteiger partial charge < -0.3 is 5.32 Å². The topological polar surface area (TPSA) is 42.0 Å². The standard InChI is InChI=1S/C14H17BrN2OS/c1-2-19(18)9-8-16-10-11-5-6-13(15)12-4-3-7-17-14(11)12/h3-7,16H,2,8-10H2,1H3. The number of aromatic nitrogens is 1. The molecular formula is C14H17BrN2OS. The Morgan fingerprint density at radius 2 is 2.21 bits per heavy atom. The van der Waals surface area contributed by atoms with E-state index in [0.717, 1.165) is 34.2 Å². The third-order valence-corrected chi connectivity index (χ3v) is 4.94. The fourth-order valence-electron chi connectivity index (χ4n) is 1.89. The van der Waals surface area contributed by atoms with Crippen molar-refractivity contribution in [3.8, 4) is 0 Å². The first-order chi connectivity index (χ1) is 9.22. The summed E-state index contributed by atoms with van der Waals surface area (Å²) in [5.41, 5.74) is 2.18. The number of pyridine rings is 1. The summed E-state index contributed by atoms with van der Waals surface area (Å²) in [6.07, 6.45) is 1.81. The summed E-state index contributed by atoms with van der Waals surface area (Å²) >= 11 is 3.54. The third-order valence-electron chi connectivity index (χ3n) is 2.94. The second-order valence-corrected chi connectivity index (χ2v) is 6.94. The van der Waals surface area contributed by atoms with Crippen LogP contribution < -0.4 is 5.32 Å². The molecule has 3 nitrogen and oxygen atoms in total. The second-order valence-electron chi connectivity index (χ2n) is 4.22. The minimum absolute atomic E-state index is 0.701. The average molecular weight is 341 g/mol. The number of hydrogen-bond acceptors (Lipinski definition) is 3. The SMILES string of the molecule is CCS(=O)CCNCc1ccc(Br)c2cccnc12. The van der Waals surface area contributed by atoms with Crippen LogP contribution in [0, 0.1) is 0 Å². The first-order valence-electron chi connectivity index (χ1n) is 6.30. The smallest absolute Gasteiger partial charge is 0.0758 e. The lowest BCUT2D eigenvalue weighted by Crippen LogP contribution is -2.20. The van der Waals surface area contributed by atoms with Gasteiger partial charge in [0.15, 0.2) is 0 Å². The zero-order valence-corrected chi connectivity index (χ0v) is 13.3. The summed E-state index contributed by atoms with van der Waals surface area (Å²) in [5.74, 6) is 1.43. The number of halogens is 1. The van der Waals surface area contributed by atoms with Crippen molar-refractivity contribution in [2.45, 2.75) is 13.5 Å². The maximum atomic E-state index is 11.3. The van der Waals surface area contributed by atoms with Gasteiger partial charge in [0.1, 0.15) is 0 Å². The first-order valence-corrected chi connectivity index (χ1v) is 8.58. The molecule has 1 aromatic carbocycles. The van der Waals surface area contributed by atoms with Crippen molar-refractivity contribution < 1.29 is 4.21 Å². The van der Waals surface area contributed by atoms with Crippen LogP contribution in [0.3, 0.4) is 0 Å². The van der Waals surface area contributed by atoms with Crippen molar-refractivity contribution in [2.24, 2.45) is 0 Å². The predicted molar refractivity (Wildman–Crippen MR) is 84.7 cm³/mol. The summed E-state index contributed by atoms with van der Waals surface area (Å²) < 4.78 is 12.4. The van der Waals surface area contributed by atoms with Gasteiger partial charge >= 0.3 is 0 Å². The van der Waals surface area contributed by atoms with E-state index in [0.29, 0.717) is 5.75 Å². The summed E-state index contributed by atoms with van der Waals surface area (Å²) in [6.45, 7) is 3.47. The zero-order valence-electron chi connectivity index (χ0n) is 10.9. The lowest BCUT2D eigenvalue weighted by Gasteiger charge is -2.08. The molecule has 1 heterocycles. The quantitative estimate of drug-likeness (QED) is 0.822. The molecule has 0 saturated carbocycles. The maximum absolute atomic E-state index is 11.3. The van der Waals surface area contributed by atoms with Gasteiger partial charge in [-0.1, -0.05) is 35.0 Å². The van der Waals surface area contributed by atoms with Crippen LogP contribution in [0.5, 0.6) is 0 Å². The Labute approximate surface area is 124 Å². The molecule has 5 heteroatoms. The molecule has 0 aliphatic rings. The highest BCUT2D eigenvalue weighted by molar-refractivity contribution is 9.10. The van der Waals surface area contributed by atoms with Gasteiger partial charge in [-0.2, -0.15) is 0 Å². The Balaban J connectivity index is 2.05. The Bertz CT molecular complexity index is 589. The van der Waals surface area contributed by atoms with E-state index in [2.05, 4.69) is 38.4 Å². The molecular weight excluding hydrogens is 324 g/mol. The van der Waals surface area contributed by atoms with Gasteiger partial charge in [-0.25, -0.2) is 0 Å². The minimum Gasteiger partial charge on any atom is -0.312 e. The molecule has 1 N–H and O–H groups in total. The molecule has 0 aliphatic heterocycles. The summed E-state index contributed by atoms with van der Waals surface area (Å²) in [5, 5.41) is 4.45. The lowest BCUT2D eigenvalue weighted by atomic mass is 10.1. The molecule has 0 saturated heterocycles. The van der Waals surface area contributed by atoms with E-state index in [9.17, 15) is 4.21 Å². The van der Waals surface area contributed by atoms with Gasteiger partial charge in [-0.15, -0.1) is 0 Å². The van der Waals surface area contributed by atoms with Gasteiger partial charge in [-0.3, -0.25) is 9.19 Å². The highest BCUT2D eigenvalue weighted by Crippen LogP contribution is 2.24. The van der Waals surface area contributed by atoms with E-state index in [4.69, 9.17) is 0 Å². The highest BCUT2D eigenvalue weighted by Gasteiger charge is 2.05. The van der Waals surface area contributed by atoms with Crippen molar-refractivity contribution in [2.75, 3.05) is 18.1 Å². The van der Waals surface area contributed by atoms with Crippen LogP contribution in [0.1, 0.15) is 12.5 Å². The number of rotatable bonds is 6. The molecule has 1 aromatic heterocycles. The largest absolute Gasteiger partial charge is 0.312 e. The normalized spacial score (nSPS) is 12.7. The van der Waals surface area contributed by atoms with E-state index in [-0.39, 0.29) is 0 Å². The Morgan fingerprint density at radius 1 is 1.37 bits per heavy atom. The number of hydrogen-bond donors (Lipinski definition) is 1. The second kappa shape index (κ2) is 7.12. The molecule has 0 amide bonds. The van der Waals surface area contributed by atoms with Crippen LogP contribution in [0.15, 0.2) is 34.9 Å². The Kier molecular flexibility index (Phi) is 5.48. The van der Waals surface area contributed by atoms with Crippen LogP contribution in [0.25, 0.3) is 10.9 Å². The van der Waals surface area contributed by atoms with Crippen LogP contribution in [-0.4, -0.2) is 27.2 Å². The average Bonchev–Trinajstić information content (AvgIpc) is 2.45. The fourth-order valence-corrected chi connectivity index (χ4v) is 3.01. The van der Waals surface area contributed by atoms with Gasteiger partial charge in [0.25, 0.3) is 0 Å². The van der Waals surface area contributed by atoms with Crippen molar-refractivity contribution in [1.29, 1.82) is 0 Å². The molecule has 0 bridgehead atoms. The third kappa shape index (κ3) is 3.84. The minimum atomic E-state index is -0.701. The molecule has 19 heavy (non-hydrogen) atoms. The van der Waals surface area contributed by atoms with Crippen molar-refractivity contribution >= 4 is 37.6 Å². The highest BCUT2D eigenvalue weighted by atomic mass is 79.9. The number of nitrogens with zero attached hydrogens (tertiary/aromatic N) is 1. The molecule has 2 aromatic rings. The molecule has 0 spiro atoms. The number of nitrogens with one attached hydrogen (secondary N) is 1. The Hall–Kier alpha value is -0.780. The number of benzene rings is 1. The van der Waals surface area contributed by atoms with Crippen molar-refractivity contribution in [1.82, 2.24) is 10.3 Å². The summed E-state index contributed by atoms with van der Waals surface area (Å²) in [6, 6.07) is 8.12. The zero-order chi connectivity index (χ0) is 13.7. The van der Waals surface area contributed by atoms with Crippen LogP contribution in [-0.2, 0) is 17.3 Å². The van der Waals surface area contributed by atoms with E-state index < -0.39 is 10.8 Å². The Morgan fingerprint density at radius 3 is 3.00 bits per heavy atom. The van der Waals surface area contributed by atoms with E-state index in [1.54, 1.807) is 0 Å². The van der Waals surface area contributed by atoms with Crippen molar-refractivity contribution in [3.63, 3.8) is 0 Å². The van der Waals surface area contributed by atoms with Crippen LogP contribution in [0.4, 0.5) is 0 Å². The molecule has 0 aliphatic carbocycles. The molecule has 1 atom stereocenters. The van der Waals surface area contributed by atoms with Gasteiger partial charge in [0, 0.05) is 51.5 Å². The summed E-state index contributed by atoms with van der Waals surface area (Å²) in [7, 11) is -0.701. The van der Waals surface area contributed by atoms with Crippen LogP contribution in [0.2, 0.25) is 0 Å². The van der Waals surface area contributed by atoms with Gasteiger partial charge in [0.05, 0.1) is 5.52 Å². The van der Waals surface area contributed by atoms with Gasteiger partial charge in [0.2, 0.25) is 0 Å². The summed E-state index contributed by atoms with van der Waals surface area (Å²) in [4.78, 5) is 4.44. The van der Waals surface area contributed by atoms with Crippen molar-refractivity contribution in [3.05, 3.63) is 40.5 Å². The van der Waals surface area contributed by atoms with Crippen LogP contribution >= 0.6 is 15.9 Å². The lowest BCUT2D eigenvalue weighted by molar-refractivity contribution is 0.674. The fraction of sp³-hybridized carbons (Fsp3) is 0.357. The monoisotopic (exact) mass is 340 g/mol. The molecule has 0 fully saturated rings. The number of fused-ring (bicyclic) bond motifs is 1. The predicted octanol–water partition coefficient (Wildman–Crippen LogP) is 2.86. The molecule has 1 unspecified atom stereocenters. The molecule has 0 radical (unpaired) electrons. The molecule has 102 valence electrons. The van der Waals surface area contributed by atoms with Gasteiger partial charge in [-0.05, 0) is 17.7 Å². The maximum Gasteiger partial charge on any atom is 0.0758 e. The molecule has 2 rings (SSSR count).